The standard InChI is InChI=1S/C16H27NO4/c1-7-16(3,11-17-8-2)21-12-9-13(18-4)15(20-6)14(10-12)19-5/h9-10,17H,7-8,11H2,1-6H3. The van der Waals surface area contributed by atoms with Crippen LogP contribution in [0.5, 0.6) is 23.0 Å². The minimum absolute atomic E-state index is 0.291. The van der Waals surface area contributed by atoms with E-state index < -0.39 is 0 Å². The topological polar surface area (TPSA) is 49.0 Å². The Balaban J connectivity index is 3.07. The molecule has 0 aromatic heterocycles. The van der Waals surface area contributed by atoms with Crippen LogP contribution < -0.4 is 24.3 Å². The summed E-state index contributed by atoms with van der Waals surface area (Å²) in [4.78, 5) is 0. The summed E-state index contributed by atoms with van der Waals surface area (Å²) in [5.41, 5.74) is -0.291. The second kappa shape index (κ2) is 7.98. The highest BCUT2D eigenvalue weighted by Gasteiger charge is 2.25. The van der Waals surface area contributed by atoms with E-state index in [1.165, 1.54) is 0 Å². The minimum Gasteiger partial charge on any atom is -0.493 e. The van der Waals surface area contributed by atoms with Gasteiger partial charge in [0.1, 0.15) is 11.4 Å². The molecule has 1 aromatic rings. The molecule has 1 rings (SSSR count). The number of hydrogen-bond acceptors (Lipinski definition) is 5. The number of methoxy groups -OCH3 is 3. The Morgan fingerprint density at radius 1 is 1.00 bits per heavy atom. The fourth-order valence-electron chi connectivity index (χ4n) is 2.02. The predicted octanol–water partition coefficient (Wildman–Crippen LogP) is 2.87. The fourth-order valence-corrected chi connectivity index (χ4v) is 2.02. The average Bonchev–Trinajstić information content (AvgIpc) is 2.51. The lowest BCUT2D eigenvalue weighted by Gasteiger charge is -2.30. The van der Waals surface area contributed by atoms with Crippen LogP contribution in [0.3, 0.4) is 0 Å². The Labute approximate surface area is 127 Å². The molecule has 0 aliphatic heterocycles. The van der Waals surface area contributed by atoms with E-state index in [-0.39, 0.29) is 5.60 Å². The minimum atomic E-state index is -0.291. The van der Waals surface area contributed by atoms with Gasteiger partial charge in [-0.05, 0) is 19.9 Å². The number of hydrogen-bond donors (Lipinski definition) is 1. The van der Waals surface area contributed by atoms with Gasteiger partial charge in [-0.3, -0.25) is 0 Å². The van der Waals surface area contributed by atoms with E-state index in [1.807, 2.05) is 12.1 Å². The van der Waals surface area contributed by atoms with Crippen molar-refractivity contribution in [1.82, 2.24) is 5.32 Å². The van der Waals surface area contributed by atoms with E-state index in [4.69, 9.17) is 18.9 Å². The van der Waals surface area contributed by atoms with Crippen LogP contribution >= 0.6 is 0 Å². The molecule has 0 amide bonds. The highest BCUT2D eigenvalue weighted by Crippen LogP contribution is 2.41. The summed E-state index contributed by atoms with van der Waals surface area (Å²) >= 11 is 0. The zero-order valence-corrected chi connectivity index (χ0v) is 13.9. The van der Waals surface area contributed by atoms with Crippen LogP contribution in [0.2, 0.25) is 0 Å². The first kappa shape index (κ1) is 17.4. The van der Waals surface area contributed by atoms with Gasteiger partial charge >= 0.3 is 0 Å². The summed E-state index contributed by atoms with van der Waals surface area (Å²) < 4.78 is 22.2. The Bertz CT molecular complexity index is 425. The monoisotopic (exact) mass is 297 g/mol. The quantitative estimate of drug-likeness (QED) is 0.759. The van der Waals surface area contributed by atoms with Crippen LogP contribution in [0, 0.1) is 0 Å². The van der Waals surface area contributed by atoms with Crippen molar-refractivity contribution in [2.45, 2.75) is 32.8 Å². The predicted molar refractivity (Wildman–Crippen MR) is 84.0 cm³/mol. The van der Waals surface area contributed by atoms with E-state index in [2.05, 4.69) is 26.1 Å². The summed E-state index contributed by atoms with van der Waals surface area (Å²) in [5.74, 6) is 2.45. The molecule has 0 fully saturated rings. The lowest BCUT2D eigenvalue weighted by molar-refractivity contribution is 0.0834. The molecule has 1 unspecified atom stereocenters. The second-order valence-electron chi connectivity index (χ2n) is 5.05. The first-order valence-electron chi connectivity index (χ1n) is 7.23. The van der Waals surface area contributed by atoms with Gasteiger partial charge in [0.15, 0.2) is 11.5 Å². The van der Waals surface area contributed by atoms with Gasteiger partial charge in [-0.2, -0.15) is 0 Å². The molecule has 0 spiro atoms. The first-order chi connectivity index (χ1) is 10.0. The molecule has 0 radical (unpaired) electrons. The number of ether oxygens (including phenoxy) is 4. The molecule has 0 aliphatic rings. The highest BCUT2D eigenvalue weighted by atomic mass is 16.5. The molecule has 1 atom stereocenters. The van der Waals surface area contributed by atoms with Crippen LogP contribution in [0.25, 0.3) is 0 Å². The van der Waals surface area contributed by atoms with Gasteiger partial charge in [0.2, 0.25) is 5.75 Å². The van der Waals surface area contributed by atoms with Crippen molar-refractivity contribution in [3.8, 4) is 23.0 Å². The number of rotatable bonds is 9. The molecule has 1 N–H and O–H groups in total. The Hall–Kier alpha value is -1.62. The molecule has 0 aliphatic carbocycles. The van der Waals surface area contributed by atoms with Gasteiger partial charge in [-0.25, -0.2) is 0 Å². The smallest absolute Gasteiger partial charge is 0.203 e. The lowest BCUT2D eigenvalue weighted by Crippen LogP contribution is -2.42. The summed E-state index contributed by atoms with van der Waals surface area (Å²) in [6.45, 7) is 7.95. The number of benzene rings is 1. The lowest BCUT2D eigenvalue weighted by atomic mass is 10.0. The van der Waals surface area contributed by atoms with Gasteiger partial charge in [0.25, 0.3) is 0 Å². The summed E-state index contributed by atoms with van der Waals surface area (Å²) in [7, 11) is 4.78. The molecule has 0 saturated carbocycles. The van der Waals surface area contributed by atoms with Crippen LogP contribution in [-0.4, -0.2) is 40.0 Å². The molecule has 0 saturated heterocycles. The maximum Gasteiger partial charge on any atom is 0.203 e. The number of likely N-dealkylation sites (N-methyl/N-ethyl adjacent to an activating group) is 1. The Kier molecular flexibility index (Phi) is 6.62. The van der Waals surface area contributed by atoms with E-state index in [0.717, 1.165) is 19.5 Å². The SMILES string of the molecule is CCNCC(C)(CC)Oc1cc(OC)c(OC)c(OC)c1. The summed E-state index contributed by atoms with van der Waals surface area (Å²) in [6, 6.07) is 3.64. The maximum absolute atomic E-state index is 6.16. The second-order valence-corrected chi connectivity index (χ2v) is 5.05. The van der Waals surface area contributed by atoms with Crippen LogP contribution in [0.1, 0.15) is 27.2 Å². The third-order valence-corrected chi connectivity index (χ3v) is 3.50. The number of nitrogens with one attached hydrogen (secondary N) is 1. The van der Waals surface area contributed by atoms with Crippen molar-refractivity contribution < 1.29 is 18.9 Å². The molecular weight excluding hydrogens is 270 g/mol. The zero-order valence-electron chi connectivity index (χ0n) is 13.9. The van der Waals surface area contributed by atoms with Crippen molar-refractivity contribution in [2.75, 3.05) is 34.4 Å². The van der Waals surface area contributed by atoms with Crippen molar-refractivity contribution in [1.29, 1.82) is 0 Å². The molecular formula is C16H27NO4. The molecule has 5 heteroatoms. The largest absolute Gasteiger partial charge is 0.493 e. The van der Waals surface area contributed by atoms with E-state index in [9.17, 15) is 0 Å². The van der Waals surface area contributed by atoms with E-state index in [0.29, 0.717) is 23.0 Å². The molecule has 0 bridgehead atoms. The van der Waals surface area contributed by atoms with Crippen molar-refractivity contribution >= 4 is 0 Å². The molecule has 21 heavy (non-hydrogen) atoms. The van der Waals surface area contributed by atoms with Gasteiger partial charge in [-0.15, -0.1) is 0 Å². The fraction of sp³-hybridized carbons (Fsp3) is 0.625. The third kappa shape index (κ3) is 4.43. The van der Waals surface area contributed by atoms with Crippen LogP contribution in [0.4, 0.5) is 0 Å². The van der Waals surface area contributed by atoms with Crippen LogP contribution in [-0.2, 0) is 0 Å². The highest BCUT2D eigenvalue weighted by molar-refractivity contribution is 5.56. The Morgan fingerprint density at radius 2 is 1.57 bits per heavy atom. The molecule has 0 heterocycles. The summed E-state index contributed by atoms with van der Waals surface area (Å²) in [5, 5.41) is 3.33. The van der Waals surface area contributed by atoms with Crippen LogP contribution in [0.15, 0.2) is 12.1 Å². The summed E-state index contributed by atoms with van der Waals surface area (Å²) in [6.07, 6.45) is 0.886. The first-order valence-corrected chi connectivity index (χ1v) is 7.23. The van der Waals surface area contributed by atoms with Crippen molar-refractivity contribution in [3.05, 3.63) is 12.1 Å². The molecule has 120 valence electrons. The maximum atomic E-state index is 6.16. The normalized spacial score (nSPS) is 13.4. The van der Waals surface area contributed by atoms with Gasteiger partial charge in [0, 0.05) is 18.7 Å². The average molecular weight is 297 g/mol. The molecule has 5 nitrogen and oxygen atoms in total. The third-order valence-electron chi connectivity index (χ3n) is 3.50. The molecule has 1 aromatic carbocycles. The van der Waals surface area contributed by atoms with E-state index >= 15 is 0 Å². The Morgan fingerprint density at radius 3 is 1.95 bits per heavy atom. The van der Waals surface area contributed by atoms with E-state index in [1.54, 1.807) is 21.3 Å². The van der Waals surface area contributed by atoms with Gasteiger partial charge in [-0.1, -0.05) is 13.8 Å². The van der Waals surface area contributed by atoms with Crippen molar-refractivity contribution in [2.24, 2.45) is 0 Å². The van der Waals surface area contributed by atoms with Crippen molar-refractivity contribution in [3.63, 3.8) is 0 Å². The zero-order chi connectivity index (χ0) is 15.9. The van der Waals surface area contributed by atoms with Gasteiger partial charge < -0.3 is 24.3 Å². The van der Waals surface area contributed by atoms with Gasteiger partial charge in [0.05, 0.1) is 21.3 Å².